The van der Waals surface area contributed by atoms with Crippen molar-refractivity contribution in [2.24, 2.45) is 5.41 Å². The monoisotopic (exact) mass is 314 g/mol. The molecular weight excluding hydrogens is 300 g/mol. The van der Waals surface area contributed by atoms with Crippen LogP contribution < -0.4 is 5.32 Å². The Bertz CT molecular complexity index is 564. The number of carboxylic acids is 1. The molecule has 2 heterocycles. The highest BCUT2D eigenvalue weighted by molar-refractivity contribution is 7.13. The van der Waals surface area contributed by atoms with Crippen molar-refractivity contribution in [3.8, 4) is 0 Å². The molecule has 1 aromatic rings. The van der Waals surface area contributed by atoms with Crippen molar-refractivity contribution >= 4 is 28.2 Å². The Hall–Kier alpha value is -2.00. The molecule has 0 aliphatic carbocycles. The van der Waals surface area contributed by atoms with Crippen molar-refractivity contribution in [2.45, 2.75) is 12.8 Å². The molecule has 0 atom stereocenters. The molecule has 1 amide bonds. The summed E-state index contributed by atoms with van der Waals surface area (Å²) in [7, 11) is 0. The minimum Gasteiger partial charge on any atom is -0.481 e. The standard InChI is InChI=1S/C12H14N2O6S/c15-10(8-5-9(14(18)19)21-6-8)13-7-12(11(16)17)1-3-20-4-2-12/h5-6H,1-4,7H2,(H,13,15)(H,16,17). The number of carbonyl (C=O) groups excluding carboxylic acids is 1. The summed E-state index contributed by atoms with van der Waals surface area (Å²) in [4.78, 5) is 33.4. The fraction of sp³-hybridized carbons (Fsp3) is 0.500. The maximum atomic E-state index is 11.9. The summed E-state index contributed by atoms with van der Waals surface area (Å²) in [5, 5.41) is 23.7. The lowest BCUT2D eigenvalue weighted by atomic mass is 9.80. The number of carboxylic acid groups (broad SMARTS) is 1. The number of carbonyl (C=O) groups is 2. The van der Waals surface area contributed by atoms with Crippen LogP contribution in [-0.4, -0.2) is 41.7 Å². The first-order chi connectivity index (χ1) is 9.94. The Morgan fingerprint density at radius 3 is 2.67 bits per heavy atom. The summed E-state index contributed by atoms with van der Waals surface area (Å²) in [5.74, 6) is -1.48. The third-order valence-electron chi connectivity index (χ3n) is 3.52. The predicted molar refractivity (Wildman–Crippen MR) is 73.4 cm³/mol. The van der Waals surface area contributed by atoms with Crippen LogP contribution in [0.4, 0.5) is 5.00 Å². The molecule has 0 spiro atoms. The van der Waals surface area contributed by atoms with Gasteiger partial charge in [0.1, 0.15) is 0 Å². The van der Waals surface area contributed by atoms with Gasteiger partial charge in [-0.25, -0.2) is 0 Å². The van der Waals surface area contributed by atoms with Gasteiger partial charge in [0.15, 0.2) is 0 Å². The summed E-state index contributed by atoms with van der Waals surface area (Å²) in [6, 6.07) is 1.18. The van der Waals surface area contributed by atoms with Crippen LogP contribution in [0.3, 0.4) is 0 Å². The minimum absolute atomic E-state index is 0.0197. The zero-order valence-electron chi connectivity index (χ0n) is 11.0. The second-order valence-electron chi connectivity index (χ2n) is 4.81. The summed E-state index contributed by atoms with van der Waals surface area (Å²) >= 11 is 0.857. The molecule has 1 aliphatic heterocycles. The topological polar surface area (TPSA) is 119 Å². The van der Waals surface area contributed by atoms with E-state index >= 15 is 0 Å². The van der Waals surface area contributed by atoms with Gasteiger partial charge in [-0.15, -0.1) is 0 Å². The van der Waals surface area contributed by atoms with Gasteiger partial charge >= 0.3 is 11.0 Å². The second kappa shape index (κ2) is 6.19. The largest absolute Gasteiger partial charge is 0.481 e. The van der Waals surface area contributed by atoms with Gasteiger partial charge in [0.25, 0.3) is 5.91 Å². The fourth-order valence-corrected chi connectivity index (χ4v) is 2.82. The van der Waals surface area contributed by atoms with Gasteiger partial charge in [-0.1, -0.05) is 11.3 Å². The third-order valence-corrected chi connectivity index (χ3v) is 4.40. The van der Waals surface area contributed by atoms with Gasteiger partial charge in [-0.3, -0.25) is 19.7 Å². The summed E-state index contributed by atoms with van der Waals surface area (Å²) in [5.41, 5.74) is -0.866. The smallest absolute Gasteiger partial charge is 0.324 e. The zero-order valence-corrected chi connectivity index (χ0v) is 11.9. The maximum absolute atomic E-state index is 11.9. The fourth-order valence-electron chi connectivity index (χ4n) is 2.12. The molecule has 114 valence electrons. The van der Waals surface area contributed by atoms with Crippen LogP contribution in [-0.2, 0) is 9.53 Å². The lowest BCUT2D eigenvalue weighted by Gasteiger charge is -2.33. The molecule has 0 aromatic carbocycles. The molecule has 2 rings (SSSR count). The van der Waals surface area contributed by atoms with Crippen LogP contribution >= 0.6 is 11.3 Å². The SMILES string of the molecule is O=C(NCC1(C(=O)O)CCOCC1)c1csc([N+](=O)[O-])c1. The number of aliphatic carboxylic acids is 1. The molecule has 9 heteroatoms. The number of hydrogen-bond acceptors (Lipinski definition) is 6. The summed E-state index contributed by atoms with van der Waals surface area (Å²) in [6.45, 7) is 0.659. The van der Waals surface area contributed by atoms with Gasteiger partial charge < -0.3 is 15.2 Å². The molecule has 0 saturated carbocycles. The first-order valence-electron chi connectivity index (χ1n) is 6.27. The Morgan fingerprint density at radius 2 is 2.14 bits per heavy atom. The van der Waals surface area contributed by atoms with Gasteiger partial charge in [-0.05, 0) is 12.8 Å². The number of ether oxygens (including phenoxy) is 1. The van der Waals surface area contributed by atoms with E-state index in [0.29, 0.717) is 26.1 Å². The first kappa shape index (κ1) is 15.4. The van der Waals surface area contributed by atoms with E-state index < -0.39 is 22.2 Å². The van der Waals surface area contributed by atoms with Crippen molar-refractivity contribution in [1.29, 1.82) is 0 Å². The molecule has 1 aromatic heterocycles. The molecular formula is C12H14N2O6S. The van der Waals surface area contributed by atoms with Crippen LogP contribution in [0.5, 0.6) is 0 Å². The quantitative estimate of drug-likeness (QED) is 0.624. The molecule has 2 N–H and O–H groups in total. The summed E-state index contributed by atoms with van der Waals surface area (Å²) in [6.07, 6.45) is 0.652. The van der Waals surface area contributed by atoms with Crippen LogP contribution in [0, 0.1) is 15.5 Å². The Morgan fingerprint density at radius 1 is 1.48 bits per heavy atom. The number of rotatable bonds is 5. The zero-order chi connectivity index (χ0) is 15.5. The molecule has 1 fully saturated rings. The van der Waals surface area contributed by atoms with E-state index in [9.17, 15) is 24.8 Å². The molecule has 0 bridgehead atoms. The van der Waals surface area contributed by atoms with E-state index in [1.807, 2.05) is 0 Å². The van der Waals surface area contributed by atoms with Gasteiger partial charge in [-0.2, -0.15) is 0 Å². The summed E-state index contributed by atoms with van der Waals surface area (Å²) < 4.78 is 5.15. The van der Waals surface area contributed by atoms with Crippen molar-refractivity contribution in [2.75, 3.05) is 19.8 Å². The lowest BCUT2D eigenvalue weighted by molar-refractivity contribution is -0.380. The number of nitrogens with one attached hydrogen (secondary N) is 1. The number of amides is 1. The Kier molecular flexibility index (Phi) is 4.53. The van der Waals surface area contributed by atoms with Crippen molar-refractivity contribution in [3.63, 3.8) is 0 Å². The highest BCUT2D eigenvalue weighted by Gasteiger charge is 2.40. The van der Waals surface area contributed by atoms with E-state index in [0.717, 1.165) is 11.3 Å². The van der Waals surface area contributed by atoms with E-state index in [-0.39, 0.29) is 17.1 Å². The number of nitrogens with zero attached hydrogens (tertiary/aromatic N) is 1. The average Bonchev–Trinajstić information content (AvgIpc) is 2.95. The Balaban J connectivity index is 2.01. The van der Waals surface area contributed by atoms with Crippen molar-refractivity contribution in [3.05, 3.63) is 27.1 Å². The van der Waals surface area contributed by atoms with Gasteiger partial charge in [0, 0.05) is 31.2 Å². The molecule has 0 unspecified atom stereocenters. The number of nitro groups is 1. The molecule has 1 aliphatic rings. The van der Waals surface area contributed by atoms with Crippen LogP contribution in [0.25, 0.3) is 0 Å². The van der Waals surface area contributed by atoms with E-state index in [4.69, 9.17) is 4.74 Å². The van der Waals surface area contributed by atoms with Crippen molar-refractivity contribution in [1.82, 2.24) is 5.32 Å². The van der Waals surface area contributed by atoms with Gasteiger partial charge in [0.2, 0.25) is 0 Å². The minimum atomic E-state index is -1.03. The molecule has 21 heavy (non-hydrogen) atoms. The van der Waals surface area contributed by atoms with E-state index in [2.05, 4.69) is 5.32 Å². The molecule has 8 nitrogen and oxygen atoms in total. The maximum Gasteiger partial charge on any atom is 0.324 e. The highest BCUT2D eigenvalue weighted by Crippen LogP contribution is 2.30. The van der Waals surface area contributed by atoms with E-state index in [1.54, 1.807) is 0 Å². The van der Waals surface area contributed by atoms with Crippen LogP contribution in [0.15, 0.2) is 11.4 Å². The predicted octanol–water partition coefficient (Wildman–Crippen LogP) is 1.27. The molecule has 1 saturated heterocycles. The average molecular weight is 314 g/mol. The van der Waals surface area contributed by atoms with Gasteiger partial charge in [0.05, 0.1) is 15.9 Å². The second-order valence-corrected chi connectivity index (χ2v) is 5.70. The molecule has 0 radical (unpaired) electrons. The normalized spacial score (nSPS) is 17.1. The first-order valence-corrected chi connectivity index (χ1v) is 7.15. The van der Waals surface area contributed by atoms with Crippen molar-refractivity contribution < 1.29 is 24.4 Å². The van der Waals surface area contributed by atoms with Crippen LogP contribution in [0.1, 0.15) is 23.2 Å². The number of thiophene rings is 1. The highest BCUT2D eigenvalue weighted by atomic mass is 32.1. The van der Waals surface area contributed by atoms with E-state index in [1.165, 1.54) is 11.4 Å². The number of hydrogen-bond donors (Lipinski definition) is 2. The third kappa shape index (κ3) is 3.37. The van der Waals surface area contributed by atoms with Crippen LogP contribution in [0.2, 0.25) is 0 Å². The lowest BCUT2D eigenvalue weighted by Crippen LogP contribution is -2.46. The Labute approximate surface area is 123 Å².